The molecule has 0 fully saturated rings. The van der Waals surface area contributed by atoms with E-state index in [1.807, 2.05) is 24.8 Å². The summed E-state index contributed by atoms with van der Waals surface area (Å²) in [4.78, 5) is 6.37. The molecule has 20 heavy (non-hydrogen) atoms. The van der Waals surface area contributed by atoms with E-state index in [0.717, 1.165) is 25.9 Å². The molecule has 4 nitrogen and oxygen atoms in total. The predicted molar refractivity (Wildman–Crippen MR) is 80.4 cm³/mol. The van der Waals surface area contributed by atoms with E-state index in [1.54, 1.807) is 0 Å². The molecule has 2 aromatic rings. The number of rotatable bonds is 8. The van der Waals surface area contributed by atoms with Gasteiger partial charge in [-0.05, 0) is 25.5 Å². The Bertz CT molecular complexity index is 470. The lowest BCUT2D eigenvalue weighted by Crippen LogP contribution is -2.27. The molecule has 0 saturated heterocycles. The summed E-state index contributed by atoms with van der Waals surface area (Å²) in [5.74, 6) is 0. The van der Waals surface area contributed by atoms with Crippen LogP contribution < -0.4 is 0 Å². The van der Waals surface area contributed by atoms with Gasteiger partial charge in [0.25, 0.3) is 0 Å². The fourth-order valence-corrected chi connectivity index (χ4v) is 2.52. The van der Waals surface area contributed by atoms with Gasteiger partial charge in [-0.25, -0.2) is 4.98 Å². The number of aliphatic hydroxyl groups is 1. The zero-order chi connectivity index (χ0) is 14.2. The van der Waals surface area contributed by atoms with E-state index in [2.05, 4.69) is 45.8 Å². The molecule has 0 bridgehead atoms. The molecule has 1 unspecified atom stereocenters. The number of aliphatic hydroxyl groups excluding tert-OH is 1. The molecule has 0 aliphatic rings. The lowest BCUT2D eigenvalue weighted by Gasteiger charge is -2.28. The number of hydrogen-bond acceptors (Lipinski definition) is 3. The van der Waals surface area contributed by atoms with Crippen LogP contribution in [0.2, 0.25) is 0 Å². The molecule has 1 N–H and O–H groups in total. The SMILES string of the molecule is CN(CCCn1ccnc1)C(CCO)c1ccccc1. The van der Waals surface area contributed by atoms with Crippen molar-refractivity contribution in [2.75, 3.05) is 20.2 Å². The molecule has 0 spiro atoms. The number of aryl methyl sites for hydroxylation is 1. The Morgan fingerprint density at radius 2 is 2.10 bits per heavy atom. The van der Waals surface area contributed by atoms with E-state index in [0.29, 0.717) is 0 Å². The van der Waals surface area contributed by atoms with Gasteiger partial charge in [-0.1, -0.05) is 30.3 Å². The highest BCUT2D eigenvalue weighted by Crippen LogP contribution is 2.22. The topological polar surface area (TPSA) is 41.3 Å². The van der Waals surface area contributed by atoms with Crippen LogP contribution in [0.5, 0.6) is 0 Å². The highest BCUT2D eigenvalue weighted by molar-refractivity contribution is 5.18. The van der Waals surface area contributed by atoms with Crippen LogP contribution in [0, 0.1) is 0 Å². The standard InChI is InChI=1S/C16H23N3O/c1-18(10-5-11-19-12-9-17-14-19)16(8-13-20)15-6-3-2-4-7-15/h2-4,6-7,9,12,14,16,20H,5,8,10-11,13H2,1H3. The lowest BCUT2D eigenvalue weighted by molar-refractivity contribution is 0.182. The summed E-state index contributed by atoms with van der Waals surface area (Å²) in [6.45, 7) is 2.19. The van der Waals surface area contributed by atoms with E-state index >= 15 is 0 Å². The van der Waals surface area contributed by atoms with Gasteiger partial charge in [-0.3, -0.25) is 4.90 Å². The van der Waals surface area contributed by atoms with Crippen LogP contribution in [0.3, 0.4) is 0 Å². The first kappa shape index (κ1) is 14.8. The normalized spacial score (nSPS) is 12.8. The van der Waals surface area contributed by atoms with E-state index in [4.69, 9.17) is 0 Å². The summed E-state index contributed by atoms with van der Waals surface area (Å²) in [6, 6.07) is 10.7. The molecule has 0 aliphatic heterocycles. The van der Waals surface area contributed by atoms with Gasteiger partial charge in [0.1, 0.15) is 0 Å². The van der Waals surface area contributed by atoms with Gasteiger partial charge in [0, 0.05) is 38.1 Å². The summed E-state index contributed by atoms with van der Waals surface area (Å²) in [5.41, 5.74) is 1.27. The number of nitrogens with zero attached hydrogens (tertiary/aromatic N) is 3. The third kappa shape index (κ3) is 4.18. The molecule has 4 heteroatoms. The predicted octanol–water partition coefficient (Wildman–Crippen LogP) is 2.33. The van der Waals surface area contributed by atoms with Crippen LogP contribution >= 0.6 is 0 Å². The van der Waals surface area contributed by atoms with Gasteiger partial charge in [0.05, 0.1) is 6.33 Å². The third-order valence-electron chi connectivity index (χ3n) is 3.61. The minimum atomic E-state index is 0.214. The molecular formula is C16H23N3O. The summed E-state index contributed by atoms with van der Waals surface area (Å²) in [7, 11) is 2.13. The summed E-state index contributed by atoms with van der Waals surface area (Å²) in [6.07, 6.45) is 7.49. The van der Waals surface area contributed by atoms with E-state index in [9.17, 15) is 5.11 Å². The molecule has 2 rings (SSSR count). The highest BCUT2D eigenvalue weighted by atomic mass is 16.3. The first-order valence-corrected chi connectivity index (χ1v) is 7.13. The molecule has 108 valence electrons. The average molecular weight is 273 g/mol. The summed E-state index contributed by atoms with van der Waals surface area (Å²) in [5, 5.41) is 9.28. The Hall–Kier alpha value is -1.65. The Morgan fingerprint density at radius 1 is 1.30 bits per heavy atom. The van der Waals surface area contributed by atoms with Gasteiger partial charge in [-0.15, -0.1) is 0 Å². The van der Waals surface area contributed by atoms with Gasteiger partial charge in [-0.2, -0.15) is 0 Å². The lowest BCUT2D eigenvalue weighted by atomic mass is 10.0. The van der Waals surface area contributed by atoms with E-state index in [-0.39, 0.29) is 12.6 Å². The monoisotopic (exact) mass is 273 g/mol. The van der Waals surface area contributed by atoms with Crippen LogP contribution in [0.15, 0.2) is 49.1 Å². The smallest absolute Gasteiger partial charge is 0.0945 e. The maximum absolute atomic E-state index is 9.28. The number of benzene rings is 1. The summed E-state index contributed by atoms with van der Waals surface area (Å²) < 4.78 is 2.09. The quantitative estimate of drug-likeness (QED) is 0.802. The van der Waals surface area contributed by atoms with Crippen molar-refractivity contribution in [2.24, 2.45) is 0 Å². The second-order valence-electron chi connectivity index (χ2n) is 5.07. The maximum Gasteiger partial charge on any atom is 0.0945 e. The van der Waals surface area contributed by atoms with Crippen LogP contribution in [0.4, 0.5) is 0 Å². The largest absolute Gasteiger partial charge is 0.396 e. The molecular weight excluding hydrogens is 250 g/mol. The molecule has 0 aliphatic carbocycles. The van der Waals surface area contributed by atoms with Crippen LogP contribution in [-0.4, -0.2) is 39.8 Å². The van der Waals surface area contributed by atoms with Gasteiger partial charge in [0.15, 0.2) is 0 Å². The fourth-order valence-electron chi connectivity index (χ4n) is 2.52. The average Bonchev–Trinajstić information content (AvgIpc) is 2.99. The number of hydrogen-bond donors (Lipinski definition) is 1. The van der Waals surface area contributed by atoms with Gasteiger partial charge < -0.3 is 9.67 Å². The van der Waals surface area contributed by atoms with Crippen molar-refractivity contribution < 1.29 is 5.11 Å². The first-order chi connectivity index (χ1) is 9.81. The zero-order valence-corrected chi connectivity index (χ0v) is 12.0. The van der Waals surface area contributed by atoms with Crippen molar-refractivity contribution in [3.63, 3.8) is 0 Å². The second-order valence-corrected chi connectivity index (χ2v) is 5.07. The molecule has 0 amide bonds. The van der Waals surface area contributed by atoms with Crippen molar-refractivity contribution in [1.82, 2.24) is 14.5 Å². The van der Waals surface area contributed by atoms with Crippen molar-refractivity contribution in [3.05, 3.63) is 54.6 Å². The number of aromatic nitrogens is 2. The van der Waals surface area contributed by atoms with Crippen molar-refractivity contribution in [2.45, 2.75) is 25.4 Å². The summed E-state index contributed by atoms with van der Waals surface area (Å²) >= 11 is 0. The molecule has 0 radical (unpaired) electrons. The Labute approximate surface area is 120 Å². The van der Waals surface area contributed by atoms with Crippen LogP contribution in [0.25, 0.3) is 0 Å². The number of imidazole rings is 1. The Balaban J connectivity index is 1.88. The second kappa shape index (κ2) is 7.82. The van der Waals surface area contributed by atoms with Crippen LogP contribution in [0.1, 0.15) is 24.4 Å². The van der Waals surface area contributed by atoms with E-state index in [1.165, 1.54) is 5.56 Å². The maximum atomic E-state index is 9.28. The van der Waals surface area contributed by atoms with Crippen molar-refractivity contribution >= 4 is 0 Å². The van der Waals surface area contributed by atoms with Crippen LogP contribution in [-0.2, 0) is 6.54 Å². The molecule has 0 saturated carbocycles. The van der Waals surface area contributed by atoms with E-state index < -0.39 is 0 Å². The minimum absolute atomic E-state index is 0.214. The molecule has 1 aromatic carbocycles. The molecule has 1 atom stereocenters. The van der Waals surface area contributed by atoms with Gasteiger partial charge in [0.2, 0.25) is 0 Å². The van der Waals surface area contributed by atoms with Gasteiger partial charge >= 0.3 is 0 Å². The first-order valence-electron chi connectivity index (χ1n) is 7.13. The highest BCUT2D eigenvalue weighted by Gasteiger charge is 2.15. The minimum Gasteiger partial charge on any atom is -0.396 e. The van der Waals surface area contributed by atoms with Crippen molar-refractivity contribution in [3.8, 4) is 0 Å². The molecule has 1 heterocycles. The Morgan fingerprint density at radius 3 is 2.75 bits per heavy atom. The zero-order valence-electron chi connectivity index (χ0n) is 12.0. The third-order valence-corrected chi connectivity index (χ3v) is 3.61. The Kier molecular flexibility index (Phi) is 5.77. The fraction of sp³-hybridized carbons (Fsp3) is 0.438. The molecule has 1 aromatic heterocycles. The van der Waals surface area contributed by atoms with Crippen molar-refractivity contribution in [1.29, 1.82) is 0 Å².